The van der Waals surface area contributed by atoms with Crippen LogP contribution in [0.25, 0.3) is 0 Å². The van der Waals surface area contributed by atoms with Crippen molar-refractivity contribution >= 4 is 47.0 Å². The second kappa shape index (κ2) is 10.7. The molecule has 1 aromatic heterocycles. The van der Waals surface area contributed by atoms with Crippen LogP contribution in [0.1, 0.15) is 37.5 Å². The summed E-state index contributed by atoms with van der Waals surface area (Å²) in [6.45, 7) is 6.53. The molecule has 0 aliphatic heterocycles. The van der Waals surface area contributed by atoms with Gasteiger partial charge in [-0.25, -0.2) is 5.43 Å². The van der Waals surface area contributed by atoms with E-state index in [0.29, 0.717) is 0 Å². The van der Waals surface area contributed by atoms with Crippen molar-refractivity contribution in [2.45, 2.75) is 40.6 Å². The molecule has 0 bridgehead atoms. The van der Waals surface area contributed by atoms with Crippen LogP contribution < -0.4 is 5.43 Å². The molecule has 3 rings (SSSR count). The average molecular weight is 457 g/mol. The predicted molar refractivity (Wildman–Crippen MR) is 128 cm³/mol. The fraction of sp³-hybridized carbons (Fsp3) is 0.273. The smallest absolute Gasteiger partial charge is 0.250 e. The van der Waals surface area contributed by atoms with Crippen molar-refractivity contribution in [2.24, 2.45) is 5.10 Å². The molecule has 0 atom stereocenters. The number of benzene rings is 2. The number of nitrogens with one attached hydrogen (secondary N) is 1. The first-order chi connectivity index (χ1) is 14.4. The van der Waals surface area contributed by atoms with Gasteiger partial charge in [0.15, 0.2) is 8.68 Å². The summed E-state index contributed by atoms with van der Waals surface area (Å²) < 4.78 is 1.68. The quantitative estimate of drug-likeness (QED) is 0.280. The number of hydrogen-bond donors (Lipinski definition) is 1. The topological polar surface area (TPSA) is 67.2 Å². The first-order valence-electron chi connectivity index (χ1n) is 9.45. The van der Waals surface area contributed by atoms with Crippen molar-refractivity contribution in [1.29, 1.82) is 0 Å². The lowest BCUT2D eigenvalue weighted by Crippen LogP contribution is -2.19. The lowest BCUT2D eigenvalue weighted by Gasteiger charge is -2.18. The minimum absolute atomic E-state index is 0.117. The molecule has 30 heavy (non-hydrogen) atoms. The molecule has 0 aliphatic rings. The molecule has 0 spiro atoms. The van der Waals surface area contributed by atoms with Crippen LogP contribution in [0.3, 0.4) is 0 Å². The Bertz CT molecular complexity index is 980. The lowest BCUT2D eigenvalue weighted by atomic mass is 9.87. The number of thioether (sulfide) groups is 2. The van der Waals surface area contributed by atoms with Crippen molar-refractivity contribution in [3.05, 3.63) is 71.3 Å². The van der Waals surface area contributed by atoms with Gasteiger partial charge in [0, 0.05) is 5.75 Å². The van der Waals surface area contributed by atoms with Crippen LogP contribution in [-0.4, -0.2) is 28.1 Å². The number of carbonyl (C=O) groups excluding carboxylic acids is 1. The number of hydrogen-bond acceptors (Lipinski definition) is 7. The molecular formula is C22H24N4OS3. The van der Waals surface area contributed by atoms with Crippen LogP contribution in [0.4, 0.5) is 0 Å². The van der Waals surface area contributed by atoms with Gasteiger partial charge in [-0.05, 0) is 22.1 Å². The van der Waals surface area contributed by atoms with Crippen LogP contribution in [-0.2, 0) is 16.0 Å². The number of amides is 1. The Morgan fingerprint density at radius 1 is 1.03 bits per heavy atom. The first-order valence-corrected chi connectivity index (χ1v) is 12.2. The maximum absolute atomic E-state index is 12.0. The van der Waals surface area contributed by atoms with Crippen molar-refractivity contribution in [3.63, 3.8) is 0 Å². The Hall–Kier alpha value is -2.16. The second-order valence-corrected chi connectivity index (χ2v) is 11.0. The van der Waals surface area contributed by atoms with Crippen molar-refractivity contribution in [1.82, 2.24) is 15.6 Å². The van der Waals surface area contributed by atoms with Crippen LogP contribution >= 0.6 is 34.9 Å². The van der Waals surface area contributed by atoms with Gasteiger partial charge in [-0.1, -0.05) is 110 Å². The van der Waals surface area contributed by atoms with Gasteiger partial charge in [0.25, 0.3) is 5.91 Å². The molecule has 0 fully saturated rings. The predicted octanol–water partition coefficient (Wildman–Crippen LogP) is 5.37. The standard InChI is InChI=1S/C22H24N4OS3/c1-22(2,3)18-11-9-16(10-12-18)13-23-24-19(27)15-29-21-26-25-20(30-21)28-14-17-7-5-4-6-8-17/h4-13H,14-15H2,1-3H3,(H,24,27)/b23-13-. The third kappa shape index (κ3) is 7.27. The minimum Gasteiger partial charge on any atom is -0.272 e. The van der Waals surface area contributed by atoms with Crippen LogP contribution in [0.5, 0.6) is 0 Å². The molecule has 156 valence electrons. The number of aromatic nitrogens is 2. The van der Waals surface area contributed by atoms with Gasteiger partial charge in [-0.3, -0.25) is 4.79 Å². The van der Waals surface area contributed by atoms with Crippen LogP contribution in [0, 0.1) is 0 Å². The summed E-state index contributed by atoms with van der Waals surface area (Å²) in [4.78, 5) is 12.0. The molecule has 5 nitrogen and oxygen atoms in total. The Labute approximate surface area is 189 Å². The highest BCUT2D eigenvalue weighted by atomic mass is 32.2. The van der Waals surface area contributed by atoms with Gasteiger partial charge in [-0.15, -0.1) is 10.2 Å². The summed E-state index contributed by atoms with van der Waals surface area (Å²) in [5, 5.41) is 12.4. The van der Waals surface area contributed by atoms with E-state index in [-0.39, 0.29) is 17.1 Å². The van der Waals surface area contributed by atoms with Gasteiger partial charge in [0.1, 0.15) is 0 Å². The molecule has 0 radical (unpaired) electrons. The number of rotatable bonds is 8. The maximum Gasteiger partial charge on any atom is 0.250 e. The zero-order valence-corrected chi connectivity index (χ0v) is 19.6. The van der Waals surface area contributed by atoms with Crippen molar-refractivity contribution in [3.8, 4) is 0 Å². The summed E-state index contributed by atoms with van der Waals surface area (Å²) in [6, 6.07) is 18.4. The van der Waals surface area contributed by atoms with Crippen LogP contribution in [0.15, 0.2) is 68.4 Å². The normalized spacial score (nSPS) is 11.7. The van der Waals surface area contributed by atoms with E-state index in [1.807, 2.05) is 30.3 Å². The zero-order chi connectivity index (χ0) is 21.4. The summed E-state index contributed by atoms with van der Waals surface area (Å²) in [7, 11) is 0. The van der Waals surface area contributed by atoms with Crippen molar-refractivity contribution in [2.75, 3.05) is 5.75 Å². The van der Waals surface area contributed by atoms with E-state index < -0.39 is 0 Å². The van der Waals surface area contributed by atoms with E-state index in [0.717, 1.165) is 20.0 Å². The Morgan fingerprint density at radius 3 is 2.37 bits per heavy atom. The van der Waals surface area contributed by atoms with Gasteiger partial charge >= 0.3 is 0 Å². The SMILES string of the molecule is CC(C)(C)c1ccc(/C=N\NC(=O)CSc2nnc(SCc3ccccc3)s2)cc1. The number of hydrazone groups is 1. The summed E-state index contributed by atoms with van der Waals surface area (Å²) in [6.07, 6.45) is 1.65. The molecule has 1 N–H and O–H groups in total. The van der Waals surface area contributed by atoms with Crippen molar-refractivity contribution < 1.29 is 4.79 Å². The average Bonchev–Trinajstić information content (AvgIpc) is 3.19. The molecule has 2 aromatic carbocycles. The van der Waals surface area contributed by atoms with Gasteiger partial charge in [0.05, 0.1) is 12.0 Å². The van der Waals surface area contributed by atoms with E-state index in [9.17, 15) is 4.79 Å². The molecule has 0 aliphatic carbocycles. The van der Waals surface area contributed by atoms with E-state index in [1.165, 1.54) is 34.2 Å². The fourth-order valence-electron chi connectivity index (χ4n) is 2.44. The Morgan fingerprint density at radius 2 is 1.70 bits per heavy atom. The van der Waals surface area contributed by atoms with E-state index >= 15 is 0 Å². The molecule has 8 heteroatoms. The highest BCUT2D eigenvalue weighted by Gasteiger charge is 2.12. The maximum atomic E-state index is 12.0. The van der Waals surface area contributed by atoms with Gasteiger partial charge < -0.3 is 0 Å². The third-order valence-corrected chi connectivity index (χ3v) is 7.36. The molecule has 0 saturated heterocycles. The largest absolute Gasteiger partial charge is 0.272 e. The summed E-state index contributed by atoms with van der Waals surface area (Å²) in [5.74, 6) is 0.931. The van der Waals surface area contributed by atoms with Gasteiger partial charge in [-0.2, -0.15) is 5.10 Å². The summed E-state index contributed by atoms with van der Waals surface area (Å²) >= 11 is 4.52. The van der Waals surface area contributed by atoms with Crippen LogP contribution in [0.2, 0.25) is 0 Å². The highest BCUT2D eigenvalue weighted by molar-refractivity contribution is 8.03. The Kier molecular flexibility index (Phi) is 8.07. The third-order valence-electron chi connectivity index (χ3n) is 4.10. The van der Waals surface area contributed by atoms with E-state index in [2.05, 4.69) is 65.8 Å². The summed E-state index contributed by atoms with van der Waals surface area (Å²) in [5.41, 5.74) is 6.13. The van der Waals surface area contributed by atoms with Gasteiger partial charge in [0.2, 0.25) is 0 Å². The lowest BCUT2D eigenvalue weighted by molar-refractivity contribution is -0.118. The number of nitrogens with zero attached hydrogens (tertiary/aromatic N) is 3. The molecular weight excluding hydrogens is 432 g/mol. The monoisotopic (exact) mass is 456 g/mol. The highest BCUT2D eigenvalue weighted by Crippen LogP contribution is 2.30. The van der Waals surface area contributed by atoms with E-state index in [1.54, 1.807) is 18.0 Å². The van der Waals surface area contributed by atoms with E-state index in [4.69, 9.17) is 0 Å². The molecule has 1 amide bonds. The second-order valence-electron chi connectivity index (χ2n) is 7.56. The fourth-order valence-corrected chi connectivity index (χ4v) is 5.21. The number of carbonyl (C=O) groups is 1. The Balaban J connectivity index is 1.40. The first kappa shape index (κ1) is 22.5. The molecule has 0 unspecified atom stereocenters. The molecule has 0 saturated carbocycles. The molecule has 3 aromatic rings. The molecule has 1 heterocycles. The minimum atomic E-state index is -0.170. The zero-order valence-electron chi connectivity index (χ0n) is 17.2.